The second-order valence-electron chi connectivity index (χ2n) is 7.58. The molecule has 1 amide bonds. The standard InChI is InChI=1S/C19H27N7O2/c1-19(2,3)28-18(27)25-11-9-24(10-12-25)17(20)21-13-16-23-22-14-26(16)15-7-5-4-6-8-15/h4-8,14H,9-13H2,1-3H3,(H2,20,21). The van der Waals surface area contributed by atoms with Crippen molar-refractivity contribution in [3.8, 4) is 5.69 Å². The molecule has 2 aromatic rings. The fraction of sp³-hybridized carbons (Fsp3) is 0.474. The lowest BCUT2D eigenvalue weighted by molar-refractivity contribution is 0.0186. The number of carbonyl (C=O) groups excluding carboxylic acids is 1. The Morgan fingerprint density at radius 3 is 2.43 bits per heavy atom. The highest BCUT2D eigenvalue weighted by Crippen LogP contribution is 2.12. The molecular formula is C19H27N7O2. The number of ether oxygens (including phenoxy) is 1. The Morgan fingerprint density at radius 1 is 1.14 bits per heavy atom. The SMILES string of the molecule is CC(C)(C)OC(=O)N1CCN(C(N)=NCc2nncn2-c2ccccc2)CC1. The van der Waals surface area contributed by atoms with E-state index in [9.17, 15) is 4.79 Å². The molecule has 0 aliphatic carbocycles. The van der Waals surface area contributed by atoms with Crippen LogP contribution in [0, 0.1) is 0 Å². The largest absolute Gasteiger partial charge is 0.444 e. The first-order valence-electron chi connectivity index (χ1n) is 9.30. The van der Waals surface area contributed by atoms with Crippen molar-refractivity contribution < 1.29 is 9.53 Å². The average Bonchev–Trinajstić information content (AvgIpc) is 3.14. The smallest absolute Gasteiger partial charge is 0.410 e. The Hall–Kier alpha value is -3.10. The van der Waals surface area contributed by atoms with Crippen LogP contribution in [0.4, 0.5) is 4.79 Å². The van der Waals surface area contributed by atoms with Crippen LogP contribution in [0.2, 0.25) is 0 Å². The van der Waals surface area contributed by atoms with Gasteiger partial charge in [0.2, 0.25) is 0 Å². The van der Waals surface area contributed by atoms with E-state index in [1.165, 1.54) is 0 Å². The summed E-state index contributed by atoms with van der Waals surface area (Å²) < 4.78 is 7.30. The maximum absolute atomic E-state index is 12.1. The van der Waals surface area contributed by atoms with E-state index in [-0.39, 0.29) is 6.09 Å². The van der Waals surface area contributed by atoms with E-state index in [0.717, 1.165) is 5.69 Å². The first-order chi connectivity index (χ1) is 13.3. The third kappa shape index (κ3) is 4.99. The molecule has 1 aliphatic heterocycles. The van der Waals surface area contributed by atoms with Gasteiger partial charge in [-0.05, 0) is 32.9 Å². The zero-order chi connectivity index (χ0) is 20.1. The lowest BCUT2D eigenvalue weighted by atomic mass is 10.2. The molecule has 0 unspecified atom stereocenters. The number of benzene rings is 1. The number of rotatable bonds is 3. The molecule has 3 rings (SSSR count). The van der Waals surface area contributed by atoms with Crippen LogP contribution < -0.4 is 5.73 Å². The number of hydrogen-bond donors (Lipinski definition) is 1. The fourth-order valence-electron chi connectivity index (χ4n) is 2.87. The van der Waals surface area contributed by atoms with E-state index >= 15 is 0 Å². The summed E-state index contributed by atoms with van der Waals surface area (Å²) in [5.74, 6) is 1.15. The Kier molecular flexibility index (Phi) is 5.81. The van der Waals surface area contributed by atoms with Gasteiger partial charge in [-0.15, -0.1) is 10.2 Å². The Bertz CT molecular complexity index is 818. The number of aromatic nitrogens is 3. The van der Waals surface area contributed by atoms with Crippen LogP contribution in [0.3, 0.4) is 0 Å². The molecule has 9 heteroatoms. The van der Waals surface area contributed by atoms with Crippen molar-refractivity contribution in [1.82, 2.24) is 24.6 Å². The molecule has 0 saturated carbocycles. The van der Waals surface area contributed by atoms with Crippen LogP contribution >= 0.6 is 0 Å². The lowest BCUT2D eigenvalue weighted by Crippen LogP contribution is -2.53. The van der Waals surface area contributed by atoms with Crippen LogP contribution in [-0.2, 0) is 11.3 Å². The third-order valence-electron chi connectivity index (χ3n) is 4.29. The number of carbonyl (C=O) groups is 1. The molecule has 0 atom stereocenters. The number of hydrogen-bond acceptors (Lipinski definition) is 5. The topological polar surface area (TPSA) is 102 Å². The monoisotopic (exact) mass is 385 g/mol. The second kappa shape index (κ2) is 8.28. The third-order valence-corrected chi connectivity index (χ3v) is 4.29. The minimum Gasteiger partial charge on any atom is -0.444 e. The van der Waals surface area contributed by atoms with Gasteiger partial charge in [0.05, 0.1) is 0 Å². The van der Waals surface area contributed by atoms with Gasteiger partial charge in [-0.2, -0.15) is 0 Å². The molecule has 1 aromatic heterocycles. The van der Waals surface area contributed by atoms with Gasteiger partial charge >= 0.3 is 6.09 Å². The van der Waals surface area contributed by atoms with Crippen LogP contribution in [0.1, 0.15) is 26.6 Å². The van der Waals surface area contributed by atoms with E-state index in [0.29, 0.717) is 44.5 Å². The molecule has 9 nitrogen and oxygen atoms in total. The summed E-state index contributed by atoms with van der Waals surface area (Å²) >= 11 is 0. The Labute approximate surface area is 164 Å². The van der Waals surface area contributed by atoms with Gasteiger partial charge < -0.3 is 20.3 Å². The molecule has 2 N–H and O–H groups in total. The molecule has 1 aromatic carbocycles. The lowest BCUT2D eigenvalue weighted by Gasteiger charge is -2.36. The maximum Gasteiger partial charge on any atom is 0.410 e. The predicted octanol–water partition coefficient (Wildman–Crippen LogP) is 1.63. The van der Waals surface area contributed by atoms with Crippen molar-refractivity contribution in [2.75, 3.05) is 26.2 Å². The van der Waals surface area contributed by atoms with Gasteiger partial charge in [0, 0.05) is 31.9 Å². The van der Waals surface area contributed by atoms with Crippen molar-refractivity contribution >= 4 is 12.1 Å². The van der Waals surface area contributed by atoms with E-state index < -0.39 is 5.60 Å². The zero-order valence-corrected chi connectivity index (χ0v) is 16.6. The first-order valence-corrected chi connectivity index (χ1v) is 9.30. The highest BCUT2D eigenvalue weighted by Gasteiger charge is 2.26. The molecular weight excluding hydrogens is 358 g/mol. The number of nitrogens with zero attached hydrogens (tertiary/aromatic N) is 6. The number of guanidine groups is 1. The number of nitrogens with two attached hydrogens (primary N) is 1. The van der Waals surface area contributed by atoms with E-state index in [1.54, 1.807) is 11.2 Å². The first kappa shape index (κ1) is 19.7. The summed E-state index contributed by atoms with van der Waals surface area (Å²) in [7, 11) is 0. The molecule has 1 aliphatic rings. The van der Waals surface area contributed by atoms with Crippen molar-refractivity contribution in [1.29, 1.82) is 0 Å². The summed E-state index contributed by atoms with van der Waals surface area (Å²) in [6, 6.07) is 9.84. The number of aliphatic imine (C=N–C) groups is 1. The van der Waals surface area contributed by atoms with Crippen molar-refractivity contribution in [3.63, 3.8) is 0 Å². The van der Waals surface area contributed by atoms with Crippen molar-refractivity contribution in [2.24, 2.45) is 10.7 Å². The van der Waals surface area contributed by atoms with Crippen LogP contribution in [0.25, 0.3) is 5.69 Å². The molecule has 0 bridgehead atoms. The normalized spacial score (nSPS) is 15.6. The minimum atomic E-state index is -0.497. The Morgan fingerprint density at radius 2 is 1.79 bits per heavy atom. The van der Waals surface area contributed by atoms with E-state index in [4.69, 9.17) is 10.5 Å². The summed E-state index contributed by atoms with van der Waals surface area (Å²) in [5.41, 5.74) is 6.64. The quantitative estimate of drug-likeness (QED) is 0.636. The average molecular weight is 385 g/mol. The van der Waals surface area contributed by atoms with E-state index in [1.807, 2.05) is 60.6 Å². The number of piperazine rings is 1. The summed E-state index contributed by atoms with van der Waals surface area (Å²) in [4.78, 5) is 20.3. The minimum absolute atomic E-state index is 0.293. The number of amides is 1. The molecule has 0 spiro atoms. The predicted molar refractivity (Wildman–Crippen MR) is 106 cm³/mol. The molecule has 28 heavy (non-hydrogen) atoms. The summed E-state index contributed by atoms with van der Waals surface area (Å²) in [6.45, 7) is 8.23. The van der Waals surface area contributed by atoms with Crippen LogP contribution in [0.5, 0.6) is 0 Å². The molecule has 1 fully saturated rings. The van der Waals surface area contributed by atoms with Crippen molar-refractivity contribution in [3.05, 3.63) is 42.5 Å². The van der Waals surface area contributed by atoms with Gasteiger partial charge in [0.25, 0.3) is 0 Å². The second-order valence-corrected chi connectivity index (χ2v) is 7.58. The molecule has 0 radical (unpaired) electrons. The maximum atomic E-state index is 12.1. The van der Waals surface area contributed by atoms with E-state index in [2.05, 4.69) is 15.2 Å². The summed E-state index contributed by atoms with van der Waals surface area (Å²) in [5, 5.41) is 8.12. The highest BCUT2D eigenvalue weighted by molar-refractivity contribution is 5.78. The van der Waals surface area contributed by atoms with Crippen LogP contribution in [0.15, 0.2) is 41.7 Å². The van der Waals surface area contributed by atoms with Gasteiger partial charge in [-0.3, -0.25) is 4.57 Å². The Balaban J connectivity index is 1.56. The molecule has 2 heterocycles. The van der Waals surface area contributed by atoms with Crippen LogP contribution in [-0.4, -0.2) is 68.4 Å². The van der Waals surface area contributed by atoms with Gasteiger partial charge in [0.15, 0.2) is 11.8 Å². The van der Waals surface area contributed by atoms with Gasteiger partial charge in [-0.1, -0.05) is 18.2 Å². The fourth-order valence-corrected chi connectivity index (χ4v) is 2.87. The highest BCUT2D eigenvalue weighted by atomic mass is 16.6. The molecule has 1 saturated heterocycles. The van der Waals surface area contributed by atoms with Gasteiger partial charge in [0.1, 0.15) is 18.5 Å². The number of para-hydroxylation sites is 1. The van der Waals surface area contributed by atoms with Gasteiger partial charge in [-0.25, -0.2) is 9.79 Å². The molecule has 150 valence electrons. The zero-order valence-electron chi connectivity index (χ0n) is 16.6. The van der Waals surface area contributed by atoms with Crippen molar-refractivity contribution in [2.45, 2.75) is 32.9 Å². The summed E-state index contributed by atoms with van der Waals surface area (Å²) in [6.07, 6.45) is 1.37.